The second-order valence-electron chi connectivity index (χ2n) is 5.69. The molecule has 0 radical (unpaired) electrons. The lowest BCUT2D eigenvalue weighted by Gasteiger charge is -2.22. The second-order valence-corrected chi connectivity index (χ2v) is 5.69. The zero-order valence-electron chi connectivity index (χ0n) is 12.4. The highest BCUT2D eigenvalue weighted by molar-refractivity contribution is 5.80. The minimum absolute atomic E-state index is 0.00974. The Bertz CT molecular complexity index is 643. The summed E-state index contributed by atoms with van der Waals surface area (Å²) in [6, 6.07) is 17.5. The summed E-state index contributed by atoms with van der Waals surface area (Å²) >= 11 is 0. The van der Waals surface area contributed by atoms with E-state index in [2.05, 4.69) is 22.8 Å². The van der Waals surface area contributed by atoms with E-state index in [1.807, 2.05) is 42.5 Å². The third-order valence-electron chi connectivity index (χ3n) is 4.17. The summed E-state index contributed by atoms with van der Waals surface area (Å²) in [4.78, 5) is 12.3. The number of carbonyl (C=O) groups is 1. The van der Waals surface area contributed by atoms with Crippen LogP contribution >= 0.6 is 0 Å². The molecule has 4 heteroatoms. The first-order chi connectivity index (χ1) is 10.7. The monoisotopic (exact) mass is 297 g/mol. The Balaban J connectivity index is 1.55. The average molecular weight is 297 g/mol. The molecule has 4 N–H and O–H groups in total. The standard InChI is InChI=1S/C18H20N2O2/c21-17(13-6-2-1-3-7-13)12-20-18(22)16-10-14-8-4-5-9-15(14)11-19-16/h1-9,16-17,19,21H,10-12H2,(H,20,22)/p+1/t16-,17-/m0/s1. The first-order valence-electron chi connectivity index (χ1n) is 7.65. The quantitative estimate of drug-likeness (QED) is 0.770. The van der Waals surface area contributed by atoms with E-state index in [4.69, 9.17) is 0 Å². The number of nitrogens with one attached hydrogen (secondary N) is 1. The third kappa shape index (κ3) is 3.35. The lowest BCUT2D eigenvalue weighted by Crippen LogP contribution is -2.93. The Hall–Kier alpha value is -2.17. The Kier molecular flexibility index (Phi) is 4.51. The molecule has 22 heavy (non-hydrogen) atoms. The maximum Gasteiger partial charge on any atom is 0.278 e. The number of fused-ring (bicyclic) bond motifs is 1. The van der Waals surface area contributed by atoms with Crippen molar-refractivity contribution in [2.24, 2.45) is 0 Å². The van der Waals surface area contributed by atoms with Gasteiger partial charge in [0.1, 0.15) is 6.54 Å². The Morgan fingerprint density at radius 2 is 1.82 bits per heavy atom. The smallest absolute Gasteiger partial charge is 0.278 e. The van der Waals surface area contributed by atoms with Crippen LogP contribution in [0.4, 0.5) is 0 Å². The third-order valence-corrected chi connectivity index (χ3v) is 4.17. The van der Waals surface area contributed by atoms with Crippen molar-refractivity contribution in [1.29, 1.82) is 0 Å². The molecule has 2 aromatic carbocycles. The van der Waals surface area contributed by atoms with Gasteiger partial charge in [-0.05, 0) is 11.1 Å². The van der Waals surface area contributed by atoms with Crippen LogP contribution in [0.25, 0.3) is 0 Å². The molecule has 0 saturated carbocycles. The average Bonchev–Trinajstić information content (AvgIpc) is 2.59. The fraction of sp³-hybridized carbons (Fsp3) is 0.278. The second kappa shape index (κ2) is 6.73. The van der Waals surface area contributed by atoms with Crippen LogP contribution in [0.15, 0.2) is 54.6 Å². The number of hydrogen-bond donors (Lipinski definition) is 3. The van der Waals surface area contributed by atoms with E-state index in [1.165, 1.54) is 11.1 Å². The predicted octanol–water partition coefficient (Wildman–Crippen LogP) is 0.524. The van der Waals surface area contributed by atoms with Crippen LogP contribution in [-0.2, 0) is 17.8 Å². The molecule has 0 unspecified atom stereocenters. The van der Waals surface area contributed by atoms with E-state index in [1.54, 1.807) is 0 Å². The highest BCUT2D eigenvalue weighted by Crippen LogP contribution is 2.13. The van der Waals surface area contributed by atoms with Gasteiger partial charge in [-0.3, -0.25) is 4.79 Å². The molecule has 1 aliphatic heterocycles. The van der Waals surface area contributed by atoms with Gasteiger partial charge in [0.05, 0.1) is 6.10 Å². The topological polar surface area (TPSA) is 65.9 Å². The maximum absolute atomic E-state index is 12.3. The molecule has 4 nitrogen and oxygen atoms in total. The number of benzene rings is 2. The van der Waals surface area contributed by atoms with Crippen molar-refractivity contribution in [2.45, 2.75) is 25.1 Å². The minimum Gasteiger partial charge on any atom is -0.387 e. The van der Waals surface area contributed by atoms with E-state index < -0.39 is 6.10 Å². The zero-order valence-corrected chi connectivity index (χ0v) is 12.4. The molecule has 1 heterocycles. The van der Waals surface area contributed by atoms with E-state index in [-0.39, 0.29) is 18.5 Å². The molecular weight excluding hydrogens is 276 g/mol. The normalized spacial score (nSPS) is 18.3. The highest BCUT2D eigenvalue weighted by Gasteiger charge is 2.27. The molecule has 3 rings (SSSR count). The highest BCUT2D eigenvalue weighted by atomic mass is 16.3. The number of hydrogen-bond acceptors (Lipinski definition) is 2. The van der Waals surface area contributed by atoms with Gasteiger partial charge in [0, 0.05) is 18.5 Å². The van der Waals surface area contributed by atoms with Crippen molar-refractivity contribution in [3.8, 4) is 0 Å². The van der Waals surface area contributed by atoms with Crippen LogP contribution in [0.2, 0.25) is 0 Å². The van der Waals surface area contributed by atoms with Crippen LogP contribution in [0.5, 0.6) is 0 Å². The lowest BCUT2D eigenvalue weighted by atomic mass is 9.95. The molecule has 1 aliphatic rings. The molecule has 0 saturated heterocycles. The van der Waals surface area contributed by atoms with Crippen molar-refractivity contribution in [3.05, 3.63) is 71.3 Å². The Labute approximate surface area is 130 Å². The Morgan fingerprint density at radius 3 is 2.59 bits per heavy atom. The number of rotatable bonds is 4. The minimum atomic E-state index is -0.666. The molecule has 0 aliphatic carbocycles. The molecule has 0 bridgehead atoms. The van der Waals surface area contributed by atoms with E-state index in [0.717, 1.165) is 18.5 Å². The fourth-order valence-electron chi connectivity index (χ4n) is 2.87. The number of amides is 1. The van der Waals surface area contributed by atoms with Gasteiger partial charge >= 0.3 is 0 Å². The van der Waals surface area contributed by atoms with Gasteiger partial charge in [-0.2, -0.15) is 0 Å². The van der Waals surface area contributed by atoms with Crippen molar-refractivity contribution in [3.63, 3.8) is 0 Å². The maximum atomic E-state index is 12.3. The van der Waals surface area contributed by atoms with Crippen molar-refractivity contribution in [2.75, 3.05) is 6.54 Å². The van der Waals surface area contributed by atoms with Gasteiger partial charge < -0.3 is 15.7 Å². The van der Waals surface area contributed by atoms with Crippen LogP contribution in [0.3, 0.4) is 0 Å². The van der Waals surface area contributed by atoms with E-state index in [9.17, 15) is 9.90 Å². The Morgan fingerprint density at radius 1 is 1.14 bits per heavy atom. The van der Waals surface area contributed by atoms with Crippen LogP contribution < -0.4 is 10.6 Å². The number of aliphatic hydroxyl groups is 1. The molecule has 2 atom stereocenters. The van der Waals surface area contributed by atoms with Gasteiger partial charge in [-0.25, -0.2) is 0 Å². The summed E-state index contributed by atoms with van der Waals surface area (Å²) in [7, 11) is 0. The largest absolute Gasteiger partial charge is 0.387 e. The van der Waals surface area contributed by atoms with Gasteiger partial charge in [-0.1, -0.05) is 54.6 Å². The number of aliphatic hydroxyl groups excluding tert-OH is 1. The summed E-state index contributed by atoms with van der Waals surface area (Å²) in [5, 5.41) is 15.0. The molecule has 0 aromatic heterocycles. The first-order valence-corrected chi connectivity index (χ1v) is 7.65. The predicted molar refractivity (Wildman–Crippen MR) is 84.0 cm³/mol. The van der Waals surface area contributed by atoms with Crippen LogP contribution in [-0.4, -0.2) is 23.6 Å². The number of quaternary nitrogens is 1. The van der Waals surface area contributed by atoms with Crippen molar-refractivity contribution >= 4 is 5.91 Å². The summed E-state index contributed by atoms with van der Waals surface area (Å²) in [6.07, 6.45) is 0.0738. The molecule has 114 valence electrons. The van der Waals surface area contributed by atoms with Crippen LogP contribution in [0, 0.1) is 0 Å². The summed E-state index contributed by atoms with van der Waals surface area (Å²) in [5.74, 6) is -0.00974. The molecule has 0 spiro atoms. The summed E-state index contributed by atoms with van der Waals surface area (Å²) < 4.78 is 0. The van der Waals surface area contributed by atoms with Gasteiger partial charge in [0.2, 0.25) is 0 Å². The first kappa shape index (κ1) is 14.8. The lowest BCUT2D eigenvalue weighted by molar-refractivity contribution is -0.695. The van der Waals surface area contributed by atoms with Crippen molar-refractivity contribution < 1.29 is 15.2 Å². The van der Waals surface area contributed by atoms with Crippen LogP contribution in [0.1, 0.15) is 22.8 Å². The zero-order chi connectivity index (χ0) is 15.4. The molecular formula is C18H21N2O2+. The van der Waals surface area contributed by atoms with E-state index >= 15 is 0 Å². The van der Waals surface area contributed by atoms with Gasteiger partial charge in [-0.15, -0.1) is 0 Å². The molecule has 0 fully saturated rings. The van der Waals surface area contributed by atoms with E-state index in [0.29, 0.717) is 0 Å². The van der Waals surface area contributed by atoms with Crippen molar-refractivity contribution in [1.82, 2.24) is 5.32 Å². The fourth-order valence-corrected chi connectivity index (χ4v) is 2.87. The number of carbonyl (C=O) groups excluding carboxylic acids is 1. The number of nitrogens with two attached hydrogens (primary N) is 1. The molecule has 1 amide bonds. The SMILES string of the molecule is O=C(NC[C@H](O)c1ccccc1)[C@@H]1Cc2ccccc2C[NH2+]1. The summed E-state index contributed by atoms with van der Waals surface area (Å²) in [6.45, 7) is 1.07. The van der Waals surface area contributed by atoms with Gasteiger partial charge in [0.15, 0.2) is 6.04 Å². The summed E-state index contributed by atoms with van der Waals surface area (Å²) in [5.41, 5.74) is 3.37. The van der Waals surface area contributed by atoms with Gasteiger partial charge in [0.25, 0.3) is 5.91 Å². The molecule has 2 aromatic rings.